The number of hydrogen-bond acceptors (Lipinski definition) is 6. The number of carbonyl (C=O) groups is 1. The van der Waals surface area contributed by atoms with E-state index in [1.807, 2.05) is 23.1 Å². The van der Waals surface area contributed by atoms with Crippen molar-refractivity contribution in [1.29, 1.82) is 0 Å². The first-order valence-electron chi connectivity index (χ1n) is 8.29. The lowest BCUT2D eigenvalue weighted by Gasteiger charge is -2.38. The van der Waals surface area contributed by atoms with E-state index < -0.39 is 0 Å². The van der Waals surface area contributed by atoms with Crippen molar-refractivity contribution in [2.24, 2.45) is 13.0 Å². The average Bonchev–Trinajstić information content (AvgIpc) is 2.97. The number of aryl methyl sites for hydroxylation is 1. The second-order valence-electron chi connectivity index (χ2n) is 6.21. The molecule has 1 N–H and O–H groups in total. The van der Waals surface area contributed by atoms with Crippen molar-refractivity contribution in [3.63, 3.8) is 0 Å². The Hall–Kier alpha value is -3.03. The molecule has 1 saturated heterocycles. The molecular formula is C17H19N7O. The van der Waals surface area contributed by atoms with Crippen LogP contribution in [0.2, 0.25) is 0 Å². The second kappa shape index (κ2) is 6.46. The van der Waals surface area contributed by atoms with Crippen LogP contribution in [-0.4, -0.2) is 50.5 Å². The van der Waals surface area contributed by atoms with E-state index in [1.54, 1.807) is 11.7 Å². The molecule has 3 heterocycles. The van der Waals surface area contributed by atoms with Gasteiger partial charge in [-0.25, -0.2) is 14.6 Å². The number of nitrogens with zero attached hydrogens (tertiary/aromatic N) is 6. The summed E-state index contributed by atoms with van der Waals surface area (Å²) in [5, 5.41) is 11.1. The summed E-state index contributed by atoms with van der Waals surface area (Å²) in [4.78, 5) is 22.8. The fraction of sp³-hybridized carbons (Fsp3) is 0.353. The van der Waals surface area contributed by atoms with Gasteiger partial charge in [0, 0.05) is 26.7 Å². The number of amides is 1. The third kappa shape index (κ3) is 3.02. The van der Waals surface area contributed by atoms with Crippen LogP contribution in [0.15, 0.2) is 36.7 Å². The molecule has 25 heavy (non-hydrogen) atoms. The summed E-state index contributed by atoms with van der Waals surface area (Å²) in [6, 6.07) is 10.1. The summed E-state index contributed by atoms with van der Waals surface area (Å²) in [5.41, 5.74) is 2.60. The Morgan fingerprint density at radius 3 is 2.84 bits per heavy atom. The summed E-state index contributed by atoms with van der Waals surface area (Å²) in [6.07, 6.45) is 2.35. The van der Waals surface area contributed by atoms with Gasteiger partial charge >= 0.3 is 0 Å². The SMILES string of the molecule is Cn1nnc2c(N3CC(C(=O)NCCc4ccccc4)C3)ncnc21. The molecule has 3 aromatic rings. The van der Waals surface area contributed by atoms with Gasteiger partial charge in [-0.05, 0) is 12.0 Å². The minimum atomic E-state index is -0.0162. The molecule has 8 nitrogen and oxygen atoms in total. The lowest BCUT2D eigenvalue weighted by molar-refractivity contribution is -0.125. The molecule has 1 aliphatic heterocycles. The van der Waals surface area contributed by atoms with Gasteiger partial charge in [0.25, 0.3) is 0 Å². The molecule has 0 spiro atoms. The number of fused-ring (bicyclic) bond motifs is 1. The molecule has 4 rings (SSSR count). The smallest absolute Gasteiger partial charge is 0.226 e. The van der Waals surface area contributed by atoms with E-state index in [4.69, 9.17) is 0 Å². The minimum Gasteiger partial charge on any atom is -0.355 e. The van der Waals surface area contributed by atoms with Crippen molar-refractivity contribution in [2.45, 2.75) is 6.42 Å². The highest BCUT2D eigenvalue weighted by molar-refractivity contribution is 5.86. The van der Waals surface area contributed by atoms with Gasteiger partial charge in [0.15, 0.2) is 17.0 Å². The van der Waals surface area contributed by atoms with Crippen molar-refractivity contribution >= 4 is 22.9 Å². The van der Waals surface area contributed by atoms with Gasteiger partial charge in [0.05, 0.1) is 5.92 Å². The second-order valence-corrected chi connectivity index (χ2v) is 6.21. The van der Waals surface area contributed by atoms with Crippen molar-refractivity contribution in [3.8, 4) is 0 Å². The highest BCUT2D eigenvalue weighted by atomic mass is 16.2. The third-order valence-electron chi connectivity index (χ3n) is 4.48. The van der Waals surface area contributed by atoms with Crippen LogP contribution in [-0.2, 0) is 18.3 Å². The van der Waals surface area contributed by atoms with E-state index in [1.165, 1.54) is 11.9 Å². The Morgan fingerprint density at radius 2 is 2.04 bits per heavy atom. The first kappa shape index (κ1) is 15.5. The van der Waals surface area contributed by atoms with Crippen LogP contribution in [0.5, 0.6) is 0 Å². The quantitative estimate of drug-likeness (QED) is 0.731. The zero-order valence-electron chi connectivity index (χ0n) is 14.0. The van der Waals surface area contributed by atoms with Gasteiger partial charge in [-0.3, -0.25) is 4.79 Å². The van der Waals surface area contributed by atoms with Crippen LogP contribution in [0.1, 0.15) is 5.56 Å². The Balaban J connectivity index is 1.31. The number of benzene rings is 1. The van der Waals surface area contributed by atoms with E-state index in [0.29, 0.717) is 30.8 Å². The molecule has 1 amide bonds. The lowest BCUT2D eigenvalue weighted by atomic mass is 9.99. The summed E-state index contributed by atoms with van der Waals surface area (Å²) < 4.78 is 1.62. The van der Waals surface area contributed by atoms with Crippen LogP contribution in [0, 0.1) is 5.92 Å². The Morgan fingerprint density at radius 1 is 1.24 bits per heavy atom. The zero-order chi connectivity index (χ0) is 17.2. The zero-order valence-corrected chi connectivity index (χ0v) is 14.0. The molecule has 8 heteroatoms. The molecule has 0 unspecified atom stereocenters. The van der Waals surface area contributed by atoms with Crippen LogP contribution in [0.3, 0.4) is 0 Å². The van der Waals surface area contributed by atoms with Crippen molar-refractivity contribution in [1.82, 2.24) is 30.3 Å². The highest BCUT2D eigenvalue weighted by Gasteiger charge is 2.34. The van der Waals surface area contributed by atoms with E-state index in [9.17, 15) is 4.79 Å². The molecule has 0 atom stereocenters. The van der Waals surface area contributed by atoms with Crippen molar-refractivity contribution in [3.05, 3.63) is 42.2 Å². The number of rotatable bonds is 5. The number of carbonyl (C=O) groups excluding carboxylic acids is 1. The van der Waals surface area contributed by atoms with Crippen LogP contribution in [0.4, 0.5) is 5.82 Å². The molecule has 0 radical (unpaired) electrons. The highest BCUT2D eigenvalue weighted by Crippen LogP contribution is 2.27. The Bertz CT molecular complexity index is 886. The van der Waals surface area contributed by atoms with E-state index in [2.05, 4.69) is 37.7 Å². The standard InChI is InChI=1S/C17H19N7O/c1-23-15-14(21-22-23)16(20-11-19-15)24-9-13(10-24)17(25)18-8-7-12-5-3-2-4-6-12/h2-6,11,13H,7-10H2,1H3,(H,18,25). The normalized spacial score (nSPS) is 14.5. The van der Waals surface area contributed by atoms with Gasteiger partial charge in [0.1, 0.15) is 6.33 Å². The monoisotopic (exact) mass is 337 g/mol. The molecule has 1 fully saturated rings. The Labute approximate surface area is 144 Å². The molecule has 1 aliphatic rings. The molecule has 1 aromatic carbocycles. The van der Waals surface area contributed by atoms with Gasteiger partial charge in [0.2, 0.25) is 5.91 Å². The predicted molar refractivity (Wildman–Crippen MR) is 93.0 cm³/mol. The van der Waals surface area contributed by atoms with Crippen LogP contribution < -0.4 is 10.2 Å². The van der Waals surface area contributed by atoms with E-state index >= 15 is 0 Å². The molecule has 0 aliphatic carbocycles. The first-order valence-corrected chi connectivity index (χ1v) is 8.29. The molecule has 2 aromatic heterocycles. The maximum atomic E-state index is 12.3. The third-order valence-corrected chi connectivity index (χ3v) is 4.48. The van der Waals surface area contributed by atoms with Crippen LogP contribution in [0.25, 0.3) is 11.2 Å². The predicted octanol–water partition coefficient (Wildman–Crippen LogP) is 0.553. The topological polar surface area (TPSA) is 88.8 Å². The van der Waals surface area contributed by atoms with E-state index in [0.717, 1.165) is 12.2 Å². The first-order chi connectivity index (χ1) is 12.2. The van der Waals surface area contributed by atoms with Crippen molar-refractivity contribution in [2.75, 3.05) is 24.5 Å². The molecule has 0 bridgehead atoms. The summed E-state index contributed by atoms with van der Waals surface area (Å²) >= 11 is 0. The fourth-order valence-corrected chi connectivity index (χ4v) is 3.01. The summed E-state index contributed by atoms with van der Waals surface area (Å²) in [7, 11) is 1.80. The largest absolute Gasteiger partial charge is 0.355 e. The van der Waals surface area contributed by atoms with Crippen LogP contribution >= 0.6 is 0 Å². The molecule has 128 valence electrons. The number of anilines is 1. The maximum Gasteiger partial charge on any atom is 0.226 e. The lowest BCUT2D eigenvalue weighted by Crippen LogP contribution is -2.54. The van der Waals surface area contributed by atoms with Crippen molar-refractivity contribution < 1.29 is 4.79 Å². The number of hydrogen-bond donors (Lipinski definition) is 1. The fourth-order valence-electron chi connectivity index (χ4n) is 3.01. The van der Waals surface area contributed by atoms with E-state index in [-0.39, 0.29) is 11.8 Å². The Kier molecular flexibility index (Phi) is 4.01. The summed E-state index contributed by atoms with van der Waals surface area (Å²) in [5.74, 6) is 0.820. The number of aromatic nitrogens is 5. The van der Waals surface area contributed by atoms with Gasteiger partial charge < -0.3 is 10.2 Å². The summed E-state index contributed by atoms with van der Waals surface area (Å²) in [6.45, 7) is 1.93. The van der Waals surface area contributed by atoms with Gasteiger partial charge in [-0.2, -0.15) is 0 Å². The molecule has 0 saturated carbocycles. The average molecular weight is 337 g/mol. The van der Waals surface area contributed by atoms with Gasteiger partial charge in [-0.1, -0.05) is 35.5 Å². The van der Waals surface area contributed by atoms with Gasteiger partial charge in [-0.15, -0.1) is 5.10 Å². The number of nitrogens with one attached hydrogen (secondary N) is 1. The minimum absolute atomic E-state index is 0.0162. The maximum absolute atomic E-state index is 12.3. The molecular weight excluding hydrogens is 318 g/mol.